The number of imide groups is 1. The molecule has 0 radical (unpaired) electrons. The second-order valence-electron chi connectivity index (χ2n) is 10.5. The minimum absolute atomic E-state index is 0.0546. The molecule has 4 rings (SSSR count). The van der Waals surface area contributed by atoms with Crippen LogP contribution >= 0.6 is 0 Å². The molecule has 0 saturated carbocycles. The van der Waals surface area contributed by atoms with E-state index >= 15 is 0 Å². The number of nitrogens with two attached hydrogens (primary N) is 2. The molecule has 0 aromatic carbocycles. The Hall–Kier alpha value is -1.46. The van der Waals surface area contributed by atoms with Crippen LogP contribution in [0.25, 0.3) is 0 Å². The lowest BCUT2D eigenvalue weighted by molar-refractivity contribution is -0.355. The van der Waals surface area contributed by atoms with Crippen molar-refractivity contribution in [2.75, 3.05) is 19.8 Å². The molecule has 18 heteroatoms. The first-order valence-electron chi connectivity index (χ1n) is 13.3. The number of amides is 2. The van der Waals surface area contributed by atoms with Gasteiger partial charge >= 0.3 is 0 Å². The number of carbonyl (C=O) groups excluding carboxylic acids is 2. The van der Waals surface area contributed by atoms with Crippen LogP contribution < -0.4 is 11.5 Å². The maximum atomic E-state index is 12.9. The average molecular weight is 598 g/mol. The Labute approximate surface area is 233 Å². The van der Waals surface area contributed by atoms with Gasteiger partial charge in [0, 0.05) is 12.8 Å². The molecule has 4 saturated heterocycles. The van der Waals surface area contributed by atoms with E-state index in [1.165, 1.54) is 0 Å². The molecule has 0 aliphatic carbocycles. The summed E-state index contributed by atoms with van der Waals surface area (Å²) < 4.78 is 28.2. The molecular formula is C23H39N3O15. The normalized spacial score (nSPS) is 48.0. The fourth-order valence-electron chi connectivity index (χ4n) is 5.52. The maximum absolute atomic E-state index is 12.9. The Morgan fingerprint density at radius 3 is 1.78 bits per heavy atom. The Morgan fingerprint density at radius 2 is 1.20 bits per heavy atom. The standard InChI is InChI=1S/C23H39N3O15/c24-12-17(34)19(8(5-28)37-21(12)36)41-23-14(26-10(30)2-1-3-11(26)31)18(35)20(9(6-29)39-23)40-22-13(25)16(33)15(32)7(4-27)38-22/h7-9,12-23,27-29,32-36H,1-6,24-25H2/t7-,8-,9-,12-,13-,14-,15-,16-,17-,18-,19?,20?,21-,22+,23+/m1/s1. The minimum Gasteiger partial charge on any atom is -0.394 e. The number of hydrogen-bond acceptors (Lipinski definition) is 17. The first kappa shape index (κ1) is 32.5. The molecule has 4 aliphatic heterocycles. The van der Waals surface area contributed by atoms with E-state index < -0.39 is 124 Å². The fourth-order valence-corrected chi connectivity index (χ4v) is 5.52. The van der Waals surface area contributed by atoms with Crippen LogP contribution in [0, 0.1) is 0 Å². The van der Waals surface area contributed by atoms with E-state index in [2.05, 4.69) is 0 Å². The number of carbonyl (C=O) groups is 2. The van der Waals surface area contributed by atoms with Crippen LogP contribution in [0.1, 0.15) is 19.3 Å². The van der Waals surface area contributed by atoms with Crippen LogP contribution in [0.2, 0.25) is 0 Å². The second kappa shape index (κ2) is 13.5. The summed E-state index contributed by atoms with van der Waals surface area (Å²) in [7, 11) is 0. The first-order chi connectivity index (χ1) is 19.4. The van der Waals surface area contributed by atoms with Crippen LogP contribution in [-0.4, -0.2) is 169 Å². The quantitative estimate of drug-likeness (QED) is 0.116. The molecule has 18 nitrogen and oxygen atoms in total. The van der Waals surface area contributed by atoms with Crippen molar-refractivity contribution in [3.8, 4) is 0 Å². The molecular weight excluding hydrogens is 558 g/mol. The zero-order valence-electron chi connectivity index (χ0n) is 21.9. The number of likely N-dealkylation sites (tertiary alicyclic amines) is 1. The molecule has 41 heavy (non-hydrogen) atoms. The molecule has 0 aromatic rings. The maximum Gasteiger partial charge on any atom is 0.229 e. The van der Waals surface area contributed by atoms with Crippen LogP contribution in [0.3, 0.4) is 0 Å². The molecule has 12 N–H and O–H groups in total. The van der Waals surface area contributed by atoms with Gasteiger partial charge in [0.1, 0.15) is 61.0 Å². The van der Waals surface area contributed by atoms with Gasteiger partial charge in [-0.05, 0) is 6.42 Å². The van der Waals surface area contributed by atoms with E-state index in [9.17, 15) is 50.4 Å². The lowest BCUT2D eigenvalue weighted by Gasteiger charge is -2.51. The van der Waals surface area contributed by atoms with Gasteiger partial charge in [0.05, 0.1) is 31.9 Å². The van der Waals surface area contributed by atoms with Gasteiger partial charge in [0.25, 0.3) is 0 Å². The summed E-state index contributed by atoms with van der Waals surface area (Å²) in [5.41, 5.74) is 11.7. The van der Waals surface area contributed by atoms with E-state index in [0.717, 1.165) is 4.90 Å². The number of aliphatic hydroxyl groups excluding tert-OH is 8. The average Bonchev–Trinajstić information content (AvgIpc) is 2.95. The third-order valence-corrected chi connectivity index (χ3v) is 7.87. The van der Waals surface area contributed by atoms with E-state index in [1.807, 2.05) is 0 Å². The SMILES string of the molecule is N[C@H]1[C@H](OC2[C@@H](CO)O[C@@H](OC3[C@@H](CO)O[C@@H](O)[C@H](N)[C@H]3O)[C@H](N3C(=O)CCCC3=O)[C@H]2O)O[C@H](CO)[C@@H](O)[C@@H]1O. The molecule has 15 atom stereocenters. The van der Waals surface area contributed by atoms with Gasteiger partial charge in [-0.1, -0.05) is 0 Å². The number of piperidine rings is 1. The zero-order valence-corrected chi connectivity index (χ0v) is 21.9. The summed E-state index contributed by atoms with van der Waals surface area (Å²) in [5, 5.41) is 82.0. The molecule has 4 aliphatic rings. The number of hydrogen-bond donors (Lipinski definition) is 10. The van der Waals surface area contributed by atoms with Crippen LogP contribution in [0.5, 0.6) is 0 Å². The van der Waals surface area contributed by atoms with Crippen molar-refractivity contribution in [3.63, 3.8) is 0 Å². The van der Waals surface area contributed by atoms with Gasteiger partial charge in [0.2, 0.25) is 11.8 Å². The lowest BCUT2D eigenvalue weighted by Crippen LogP contribution is -2.71. The number of rotatable bonds is 8. The van der Waals surface area contributed by atoms with Crippen LogP contribution in [0.4, 0.5) is 0 Å². The van der Waals surface area contributed by atoms with Crippen LogP contribution in [-0.2, 0) is 33.3 Å². The van der Waals surface area contributed by atoms with Gasteiger partial charge in [-0.2, -0.15) is 0 Å². The van der Waals surface area contributed by atoms with Gasteiger partial charge in [-0.3, -0.25) is 14.5 Å². The zero-order chi connectivity index (χ0) is 30.2. The highest BCUT2D eigenvalue weighted by atomic mass is 16.7. The molecule has 0 spiro atoms. The molecule has 236 valence electrons. The van der Waals surface area contributed by atoms with E-state index in [1.54, 1.807) is 0 Å². The Balaban J connectivity index is 1.65. The molecule has 2 amide bonds. The monoisotopic (exact) mass is 597 g/mol. The third kappa shape index (κ3) is 6.28. The fraction of sp³-hybridized carbons (Fsp3) is 0.913. The number of nitrogens with zero attached hydrogens (tertiary/aromatic N) is 1. The summed E-state index contributed by atoms with van der Waals surface area (Å²) in [6, 6.07) is -4.41. The summed E-state index contributed by atoms with van der Waals surface area (Å²) in [6.45, 7) is -2.29. The van der Waals surface area contributed by atoms with Crippen molar-refractivity contribution in [2.45, 2.75) is 111 Å². The smallest absolute Gasteiger partial charge is 0.229 e. The predicted octanol–water partition coefficient (Wildman–Crippen LogP) is -7.09. The molecule has 4 heterocycles. The highest BCUT2D eigenvalue weighted by Gasteiger charge is 2.56. The van der Waals surface area contributed by atoms with Crippen molar-refractivity contribution in [3.05, 3.63) is 0 Å². The van der Waals surface area contributed by atoms with Crippen molar-refractivity contribution in [1.82, 2.24) is 4.90 Å². The Kier molecular flexibility index (Phi) is 10.6. The summed E-state index contributed by atoms with van der Waals surface area (Å²) in [4.78, 5) is 26.6. The van der Waals surface area contributed by atoms with E-state index in [-0.39, 0.29) is 19.3 Å². The molecule has 4 fully saturated rings. The summed E-state index contributed by atoms with van der Waals surface area (Å²) in [6.07, 6.45) is -18.6. The van der Waals surface area contributed by atoms with E-state index in [0.29, 0.717) is 0 Å². The lowest BCUT2D eigenvalue weighted by atomic mass is 9.92. The van der Waals surface area contributed by atoms with Gasteiger partial charge in [0.15, 0.2) is 18.9 Å². The Morgan fingerprint density at radius 1 is 0.683 bits per heavy atom. The summed E-state index contributed by atoms with van der Waals surface area (Å²) in [5.74, 6) is -1.36. The molecule has 0 bridgehead atoms. The third-order valence-electron chi connectivity index (χ3n) is 7.87. The van der Waals surface area contributed by atoms with Crippen molar-refractivity contribution in [1.29, 1.82) is 0 Å². The van der Waals surface area contributed by atoms with Crippen molar-refractivity contribution >= 4 is 11.8 Å². The topological polar surface area (TPSA) is 297 Å². The largest absolute Gasteiger partial charge is 0.394 e. The van der Waals surface area contributed by atoms with Gasteiger partial charge in [-0.25, -0.2) is 0 Å². The van der Waals surface area contributed by atoms with Gasteiger partial charge < -0.3 is 76.0 Å². The number of aliphatic hydroxyl groups is 8. The van der Waals surface area contributed by atoms with Crippen molar-refractivity contribution in [2.24, 2.45) is 11.5 Å². The second-order valence-corrected chi connectivity index (χ2v) is 10.5. The van der Waals surface area contributed by atoms with Crippen molar-refractivity contribution < 1.29 is 74.1 Å². The van der Waals surface area contributed by atoms with Gasteiger partial charge in [-0.15, -0.1) is 0 Å². The predicted molar refractivity (Wildman–Crippen MR) is 129 cm³/mol. The summed E-state index contributed by atoms with van der Waals surface area (Å²) >= 11 is 0. The highest BCUT2D eigenvalue weighted by molar-refractivity contribution is 5.98. The van der Waals surface area contributed by atoms with E-state index in [4.69, 9.17) is 35.2 Å². The van der Waals surface area contributed by atoms with Crippen LogP contribution in [0.15, 0.2) is 0 Å². The first-order valence-corrected chi connectivity index (χ1v) is 13.3. The highest BCUT2D eigenvalue weighted by Crippen LogP contribution is 2.35. The minimum atomic E-state index is -1.85. The number of ether oxygens (including phenoxy) is 5. The molecule has 2 unspecified atom stereocenters. The Bertz CT molecular complexity index is 898. The molecule has 0 aromatic heterocycles.